The number of anilines is 1. The van der Waals surface area contributed by atoms with Gasteiger partial charge in [-0.3, -0.25) is 10.1 Å². The lowest BCUT2D eigenvalue weighted by Crippen LogP contribution is -2.40. The van der Waals surface area contributed by atoms with Gasteiger partial charge in [-0.15, -0.1) is 0 Å². The van der Waals surface area contributed by atoms with Crippen molar-refractivity contribution in [2.45, 2.75) is 25.3 Å². The summed E-state index contributed by atoms with van der Waals surface area (Å²) in [6.07, 6.45) is 2.77. The number of halogens is 1. The van der Waals surface area contributed by atoms with Crippen LogP contribution in [0.15, 0.2) is 18.2 Å². The number of carboxylic acid groups (broad SMARTS) is 1. The Morgan fingerprint density at radius 3 is 2.86 bits per heavy atom. The molecular formula is C14H15FN2O4. The zero-order valence-electron chi connectivity index (χ0n) is 11.2. The van der Waals surface area contributed by atoms with Gasteiger partial charge in [-0.05, 0) is 36.8 Å². The van der Waals surface area contributed by atoms with Crippen LogP contribution < -0.4 is 4.90 Å². The molecule has 0 bridgehead atoms. The highest BCUT2D eigenvalue weighted by molar-refractivity contribution is 5.81. The Morgan fingerprint density at radius 2 is 2.19 bits per heavy atom. The predicted molar refractivity (Wildman–Crippen MR) is 72.7 cm³/mol. The van der Waals surface area contributed by atoms with E-state index < -0.39 is 22.8 Å². The number of benzene rings is 1. The average Bonchev–Trinajstić information content (AvgIpc) is 2.97. The van der Waals surface area contributed by atoms with Crippen molar-refractivity contribution in [2.75, 3.05) is 11.4 Å². The van der Waals surface area contributed by atoms with Crippen LogP contribution in [-0.4, -0.2) is 28.6 Å². The van der Waals surface area contributed by atoms with E-state index in [4.69, 9.17) is 0 Å². The topological polar surface area (TPSA) is 83.7 Å². The van der Waals surface area contributed by atoms with E-state index in [1.54, 1.807) is 4.90 Å². The fourth-order valence-corrected chi connectivity index (χ4v) is 3.76. The van der Waals surface area contributed by atoms with E-state index in [0.717, 1.165) is 31.4 Å². The van der Waals surface area contributed by atoms with Gasteiger partial charge in [0.25, 0.3) is 5.69 Å². The minimum absolute atomic E-state index is 0.0205. The number of nitro groups is 1. The lowest BCUT2D eigenvalue weighted by molar-refractivity contribution is -0.384. The molecule has 3 rings (SSSR count). The van der Waals surface area contributed by atoms with Gasteiger partial charge in [0.2, 0.25) is 0 Å². The van der Waals surface area contributed by atoms with Crippen LogP contribution in [0.4, 0.5) is 15.8 Å². The van der Waals surface area contributed by atoms with Crippen LogP contribution in [0.25, 0.3) is 0 Å². The highest BCUT2D eigenvalue weighted by Gasteiger charge is 2.49. The molecule has 1 aliphatic carbocycles. The number of aliphatic carboxylic acids is 1. The molecule has 0 amide bonds. The first-order valence-corrected chi connectivity index (χ1v) is 6.92. The Morgan fingerprint density at radius 1 is 1.43 bits per heavy atom. The van der Waals surface area contributed by atoms with Crippen molar-refractivity contribution in [3.8, 4) is 0 Å². The average molecular weight is 294 g/mol. The summed E-state index contributed by atoms with van der Waals surface area (Å²) >= 11 is 0. The van der Waals surface area contributed by atoms with Crippen molar-refractivity contribution >= 4 is 17.3 Å². The molecule has 112 valence electrons. The minimum Gasteiger partial charge on any atom is -0.480 e. The maximum atomic E-state index is 13.2. The first-order chi connectivity index (χ1) is 9.99. The third-order valence-electron chi connectivity index (χ3n) is 4.59. The first kappa shape index (κ1) is 13.8. The van der Waals surface area contributed by atoms with Gasteiger partial charge < -0.3 is 10.0 Å². The molecular weight excluding hydrogens is 279 g/mol. The molecule has 1 saturated carbocycles. The largest absolute Gasteiger partial charge is 0.480 e. The van der Waals surface area contributed by atoms with Crippen LogP contribution in [0.3, 0.4) is 0 Å². The van der Waals surface area contributed by atoms with Gasteiger partial charge in [0, 0.05) is 6.54 Å². The van der Waals surface area contributed by atoms with Crippen LogP contribution in [0.1, 0.15) is 19.3 Å². The number of nitro benzene ring substituents is 1. The molecule has 2 aliphatic rings. The number of hydrogen-bond donors (Lipinski definition) is 1. The van der Waals surface area contributed by atoms with E-state index in [2.05, 4.69) is 0 Å². The maximum Gasteiger partial charge on any atom is 0.326 e. The monoisotopic (exact) mass is 294 g/mol. The summed E-state index contributed by atoms with van der Waals surface area (Å²) in [7, 11) is 0. The molecule has 7 heteroatoms. The van der Waals surface area contributed by atoms with Crippen molar-refractivity contribution in [3.05, 3.63) is 34.1 Å². The number of hydrogen-bond acceptors (Lipinski definition) is 4. The third kappa shape index (κ3) is 2.22. The molecule has 3 unspecified atom stereocenters. The molecule has 0 aromatic heterocycles. The fraction of sp³-hybridized carbons (Fsp3) is 0.500. The molecule has 1 aromatic carbocycles. The zero-order chi connectivity index (χ0) is 15.1. The first-order valence-electron chi connectivity index (χ1n) is 6.92. The Kier molecular flexibility index (Phi) is 3.27. The lowest BCUT2D eigenvalue weighted by atomic mass is 9.94. The molecule has 3 atom stereocenters. The third-order valence-corrected chi connectivity index (χ3v) is 4.59. The molecule has 1 N–H and O–H groups in total. The van der Waals surface area contributed by atoms with Gasteiger partial charge in [0.05, 0.1) is 11.0 Å². The van der Waals surface area contributed by atoms with E-state index in [9.17, 15) is 24.4 Å². The molecule has 1 aliphatic heterocycles. The normalized spacial score (nSPS) is 27.7. The van der Waals surface area contributed by atoms with Crippen LogP contribution >= 0.6 is 0 Å². The van der Waals surface area contributed by atoms with Crippen LogP contribution in [0.2, 0.25) is 0 Å². The SMILES string of the molecule is O=C(O)C1C2CCCC2CN1c1ccc(F)cc1[N+](=O)[O-]. The molecule has 1 aromatic rings. The van der Waals surface area contributed by atoms with Gasteiger partial charge >= 0.3 is 5.97 Å². The number of carbonyl (C=O) groups is 1. The summed E-state index contributed by atoms with van der Waals surface area (Å²) in [4.78, 5) is 23.6. The van der Waals surface area contributed by atoms with Crippen LogP contribution in [0.5, 0.6) is 0 Å². The molecule has 0 radical (unpaired) electrons. The summed E-state index contributed by atoms with van der Waals surface area (Å²) in [5.74, 6) is -1.40. The second kappa shape index (κ2) is 4.98. The maximum absolute atomic E-state index is 13.2. The molecule has 1 saturated heterocycles. The van der Waals surface area contributed by atoms with Crippen molar-refractivity contribution < 1.29 is 19.2 Å². The Hall–Kier alpha value is -2.18. The second-order valence-corrected chi connectivity index (χ2v) is 5.68. The van der Waals surface area contributed by atoms with Gasteiger partial charge in [-0.25, -0.2) is 9.18 Å². The van der Waals surface area contributed by atoms with E-state index in [-0.39, 0.29) is 23.2 Å². The molecule has 6 nitrogen and oxygen atoms in total. The van der Waals surface area contributed by atoms with Gasteiger partial charge in [-0.2, -0.15) is 0 Å². The van der Waals surface area contributed by atoms with Crippen molar-refractivity contribution in [3.63, 3.8) is 0 Å². The van der Waals surface area contributed by atoms with Gasteiger partial charge in [0.1, 0.15) is 17.5 Å². The number of fused-ring (bicyclic) bond motifs is 1. The highest BCUT2D eigenvalue weighted by atomic mass is 19.1. The van der Waals surface area contributed by atoms with Gasteiger partial charge in [0.15, 0.2) is 0 Å². The van der Waals surface area contributed by atoms with E-state index in [1.165, 1.54) is 6.07 Å². The molecule has 1 heterocycles. The van der Waals surface area contributed by atoms with Gasteiger partial charge in [-0.1, -0.05) is 6.42 Å². The molecule has 2 fully saturated rings. The number of carboxylic acids is 1. The standard InChI is InChI=1S/C14H15FN2O4/c15-9-4-5-11(12(6-9)17(20)21)16-7-8-2-1-3-10(8)13(16)14(18)19/h4-6,8,10,13H,1-3,7H2,(H,18,19). The molecule has 0 spiro atoms. The minimum atomic E-state index is -0.969. The van der Waals surface area contributed by atoms with Crippen molar-refractivity contribution in [1.82, 2.24) is 0 Å². The zero-order valence-corrected chi connectivity index (χ0v) is 11.2. The summed E-state index contributed by atoms with van der Waals surface area (Å²) in [6.45, 7) is 0.480. The van der Waals surface area contributed by atoms with E-state index >= 15 is 0 Å². The lowest BCUT2D eigenvalue weighted by Gasteiger charge is -2.26. The van der Waals surface area contributed by atoms with Crippen LogP contribution in [0, 0.1) is 27.8 Å². The Bertz CT molecular complexity index is 607. The second-order valence-electron chi connectivity index (χ2n) is 5.68. The van der Waals surface area contributed by atoms with E-state index in [0.29, 0.717) is 6.54 Å². The number of nitrogens with zero attached hydrogens (tertiary/aromatic N) is 2. The quantitative estimate of drug-likeness (QED) is 0.683. The summed E-state index contributed by atoms with van der Waals surface area (Å²) in [6, 6.07) is 2.53. The fourth-order valence-electron chi connectivity index (χ4n) is 3.76. The highest BCUT2D eigenvalue weighted by Crippen LogP contribution is 2.45. The smallest absolute Gasteiger partial charge is 0.326 e. The number of rotatable bonds is 3. The van der Waals surface area contributed by atoms with Crippen molar-refractivity contribution in [2.24, 2.45) is 11.8 Å². The summed E-state index contributed by atoms with van der Waals surface area (Å²) in [5.41, 5.74) is -0.176. The predicted octanol–water partition coefficient (Wildman–Crippen LogP) is 2.42. The summed E-state index contributed by atoms with van der Waals surface area (Å²) < 4.78 is 13.2. The Labute approximate surface area is 120 Å². The molecule has 21 heavy (non-hydrogen) atoms. The van der Waals surface area contributed by atoms with Crippen molar-refractivity contribution in [1.29, 1.82) is 0 Å². The van der Waals surface area contributed by atoms with Crippen LogP contribution in [-0.2, 0) is 4.79 Å². The summed E-state index contributed by atoms with van der Waals surface area (Å²) in [5, 5.41) is 20.6. The Balaban J connectivity index is 2.03. The van der Waals surface area contributed by atoms with E-state index in [1.807, 2.05) is 0 Å².